The maximum atomic E-state index is 13.4. The largest absolute Gasteiger partial charge is 0.481 e. The molecular formula is C23H21N3O3. The molecule has 3 aromatic rings. The number of amides is 2. The number of methoxy groups -OCH3 is 1. The molecule has 2 atom stereocenters. The number of rotatable bonds is 4. The average Bonchev–Trinajstić information content (AvgIpc) is 2.77. The van der Waals surface area contributed by atoms with Gasteiger partial charge in [-0.2, -0.15) is 0 Å². The fourth-order valence-electron chi connectivity index (χ4n) is 3.82. The first-order valence-corrected chi connectivity index (χ1v) is 9.32. The summed E-state index contributed by atoms with van der Waals surface area (Å²) in [6.07, 6.45) is 1.55. The third kappa shape index (κ3) is 3.45. The van der Waals surface area contributed by atoms with Gasteiger partial charge in [-0.25, -0.2) is 4.98 Å². The number of nitrogens with zero attached hydrogens (tertiary/aromatic N) is 2. The molecule has 4 rings (SSSR count). The summed E-state index contributed by atoms with van der Waals surface area (Å²) in [5, 5.41) is 2.94. The molecule has 1 aliphatic rings. The number of carbonyl (C=O) groups is 2. The van der Waals surface area contributed by atoms with Crippen LogP contribution >= 0.6 is 0 Å². The molecule has 2 amide bonds. The van der Waals surface area contributed by atoms with Crippen molar-refractivity contribution in [3.8, 4) is 5.88 Å². The highest BCUT2D eigenvalue weighted by molar-refractivity contribution is 6.04. The normalized spacial score (nSPS) is 18.1. The van der Waals surface area contributed by atoms with Crippen LogP contribution in [0.1, 0.15) is 33.4 Å². The first kappa shape index (κ1) is 18.7. The van der Waals surface area contributed by atoms with Crippen molar-refractivity contribution in [1.29, 1.82) is 0 Å². The lowest BCUT2D eigenvalue weighted by Gasteiger charge is -2.39. The van der Waals surface area contributed by atoms with Crippen LogP contribution in [0.5, 0.6) is 5.88 Å². The lowest BCUT2D eigenvalue weighted by Crippen LogP contribution is -2.44. The number of benzene rings is 2. The molecule has 6 nitrogen and oxygen atoms in total. The van der Waals surface area contributed by atoms with E-state index in [1.54, 1.807) is 36.3 Å². The molecular weight excluding hydrogens is 366 g/mol. The number of carbonyl (C=O) groups excluding carboxylic acids is 2. The van der Waals surface area contributed by atoms with E-state index in [1.165, 1.54) is 7.11 Å². The SMILES string of the molecule is COc1ccc(NC(=O)[C@H]2c3ccccc3C(=O)N(C)[C@@H]2c2ccccc2)cn1. The van der Waals surface area contributed by atoms with Crippen molar-refractivity contribution in [2.24, 2.45) is 0 Å². The molecule has 6 heteroatoms. The van der Waals surface area contributed by atoms with Crippen LogP contribution in [-0.4, -0.2) is 35.9 Å². The standard InChI is InChI=1S/C23H21N3O3/c1-26-21(15-8-4-3-5-9-15)20(17-10-6-7-11-18(17)23(26)28)22(27)25-16-12-13-19(29-2)24-14-16/h3-14,20-21H,1-2H3,(H,25,27)/t20-,21+/m0/s1. The second kappa shape index (κ2) is 7.75. The molecule has 0 bridgehead atoms. The van der Waals surface area contributed by atoms with Crippen LogP contribution < -0.4 is 10.1 Å². The van der Waals surface area contributed by atoms with Crippen molar-refractivity contribution in [2.75, 3.05) is 19.5 Å². The van der Waals surface area contributed by atoms with Gasteiger partial charge in [0.25, 0.3) is 5.91 Å². The minimum atomic E-state index is -0.557. The van der Waals surface area contributed by atoms with E-state index >= 15 is 0 Å². The Kier molecular flexibility index (Phi) is 4.99. The minimum absolute atomic E-state index is 0.0929. The lowest BCUT2D eigenvalue weighted by atomic mass is 9.79. The summed E-state index contributed by atoms with van der Waals surface area (Å²) >= 11 is 0. The second-order valence-corrected chi connectivity index (χ2v) is 6.91. The van der Waals surface area contributed by atoms with Gasteiger partial charge in [-0.15, -0.1) is 0 Å². The Morgan fingerprint density at radius 1 is 1.03 bits per heavy atom. The number of nitrogens with one attached hydrogen (secondary N) is 1. The Labute approximate surface area is 169 Å². The van der Waals surface area contributed by atoms with Crippen LogP contribution in [-0.2, 0) is 4.79 Å². The van der Waals surface area contributed by atoms with Gasteiger partial charge in [0.15, 0.2) is 0 Å². The molecule has 0 aliphatic carbocycles. The van der Waals surface area contributed by atoms with Gasteiger partial charge >= 0.3 is 0 Å². The van der Waals surface area contributed by atoms with Crippen molar-refractivity contribution in [2.45, 2.75) is 12.0 Å². The Bertz CT molecular complexity index is 1030. The Balaban J connectivity index is 1.76. The average molecular weight is 387 g/mol. The number of aromatic nitrogens is 1. The van der Waals surface area contributed by atoms with Crippen molar-refractivity contribution in [1.82, 2.24) is 9.88 Å². The number of hydrogen-bond donors (Lipinski definition) is 1. The molecule has 1 aliphatic heterocycles. The summed E-state index contributed by atoms with van der Waals surface area (Å²) in [5.74, 6) is -0.376. The lowest BCUT2D eigenvalue weighted by molar-refractivity contribution is -0.119. The van der Waals surface area contributed by atoms with E-state index in [2.05, 4.69) is 10.3 Å². The van der Waals surface area contributed by atoms with E-state index in [1.807, 2.05) is 48.5 Å². The molecule has 1 N–H and O–H groups in total. The maximum Gasteiger partial charge on any atom is 0.254 e. The van der Waals surface area contributed by atoms with E-state index < -0.39 is 12.0 Å². The molecule has 0 saturated heterocycles. The highest BCUT2D eigenvalue weighted by Crippen LogP contribution is 2.42. The molecule has 2 heterocycles. The summed E-state index contributed by atoms with van der Waals surface area (Å²) in [6.45, 7) is 0. The molecule has 2 aromatic carbocycles. The van der Waals surface area contributed by atoms with Gasteiger partial charge in [0.05, 0.1) is 31.0 Å². The molecule has 0 saturated carbocycles. The second-order valence-electron chi connectivity index (χ2n) is 6.91. The predicted molar refractivity (Wildman–Crippen MR) is 110 cm³/mol. The molecule has 0 radical (unpaired) electrons. The third-order valence-electron chi connectivity index (χ3n) is 5.22. The van der Waals surface area contributed by atoms with Gasteiger partial charge in [-0.05, 0) is 23.3 Å². The summed E-state index contributed by atoms with van der Waals surface area (Å²) in [5.41, 5.74) is 2.75. The summed E-state index contributed by atoms with van der Waals surface area (Å²) in [4.78, 5) is 32.2. The topological polar surface area (TPSA) is 71.5 Å². The molecule has 0 spiro atoms. The molecule has 146 valence electrons. The monoisotopic (exact) mass is 387 g/mol. The molecule has 29 heavy (non-hydrogen) atoms. The van der Waals surface area contributed by atoms with Crippen LogP contribution in [0.3, 0.4) is 0 Å². The van der Waals surface area contributed by atoms with Crippen molar-refractivity contribution < 1.29 is 14.3 Å². The van der Waals surface area contributed by atoms with Gasteiger partial charge in [-0.1, -0.05) is 48.5 Å². The number of pyridine rings is 1. The fraction of sp³-hybridized carbons (Fsp3) is 0.174. The number of fused-ring (bicyclic) bond motifs is 1. The zero-order valence-corrected chi connectivity index (χ0v) is 16.2. The summed E-state index contributed by atoms with van der Waals surface area (Å²) < 4.78 is 5.07. The number of anilines is 1. The first-order valence-electron chi connectivity index (χ1n) is 9.32. The van der Waals surface area contributed by atoms with Gasteiger partial charge in [-0.3, -0.25) is 9.59 Å². The number of ether oxygens (including phenoxy) is 1. The van der Waals surface area contributed by atoms with Crippen LogP contribution in [0.2, 0.25) is 0 Å². The number of likely N-dealkylation sites (N-methyl/N-ethyl adjacent to an activating group) is 1. The zero-order chi connectivity index (χ0) is 20.4. The fourth-order valence-corrected chi connectivity index (χ4v) is 3.82. The zero-order valence-electron chi connectivity index (χ0n) is 16.2. The number of hydrogen-bond acceptors (Lipinski definition) is 4. The summed E-state index contributed by atoms with van der Waals surface area (Å²) in [6, 6.07) is 19.9. The minimum Gasteiger partial charge on any atom is -0.481 e. The van der Waals surface area contributed by atoms with Crippen LogP contribution in [0, 0.1) is 0 Å². The Morgan fingerprint density at radius 3 is 2.45 bits per heavy atom. The van der Waals surface area contributed by atoms with Gasteiger partial charge < -0.3 is 15.0 Å². The molecule has 0 fully saturated rings. The Hall–Kier alpha value is -3.67. The van der Waals surface area contributed by atoms with Gasteiger partial charge in [0.1, 0.15) is 0 Å². The Morgan fingerprint density at radius 2 is 1.76 bits per heavy atom. The quantitative estimate of drug-likeness (QED) is 0.742. The predicted octanol–water partition coefficient (Wildman–Crippen LogP) is 3.64. The van der Waals surface area contributed by atoms with E-state index in [0.29, 0.717) is 17.1 Å². The van der Waals surface area contributed by atoms with E-state index in [4.69, 9.17) is 4.74 Å². The highest BCUT2D eigenvalue weighted by Gasteiger charge is 2.42. The van der Waals surface area contributed by atoms with Crippen molar-refractivity contribution in [3.63, 3.8) is 0 Å². The summed E-state index contributed by atoms with van der Waals surface area (Å²) in [7, 11) is 3.28. The van der Waals surface area contributed by atoms with E-state index in [9.17, 15) is 9.59 Å². The van der Waals surface area contributed by atoms with Crippen molar-refractivity contribution >= 4 is 17.5 Å². The highest BCUT2D eigenvalue weighted by atomic mass is 16.5. The molecule has 0 unspecified atom stereocenters. The van der Waals surface area contributed by atoms with Crippen LogP contribution in [0.15, 0.2) is 72.9 Å². The third-order valence-corrected chi connectivity index (χ3v) is 5.22. The van der Waals surface area contributed by atoms with Gasteiger partial charge in [0.2, 0.25) is 11.8 Å². The van der Waals surface area contributed by atoms with Crippen LogP contribution in [0.25, 0.3) is 0 Å². The maximum absolute atomic E-state index is 13.4. The first-order chi connectivity index (χ1) is 14.1. The smallest absolute Gasteiger partial charge is 0.254 e. The van der Waals surface area contributed by atoms with E-state index in [-0.39, 0.29) is 11.8 Å². The van der Waals surface area contributed by atoms with Crippen molar-refractivity contribution in [3.05, 3.63) is 89.6 Å². The van der Waals surface area contributed by atoms with Crippen LogP contribution in [0.4, 0.5) is 5.69 Å². The van der Waals surface area contributed by atoms with E-state index in [0.717, 1.165) is 11.1 Å². The van der Waals surface area contributed by atoms with Gasteiger partial charge in [0, 0.05) is 18.7 Å². The molecule has 1 aromatic heterocycles.